The molecule has 0 radical (unpaired) electrons. The molecule has 100 valence electrons. The van der Waals surface area contributed by atoms with Gasteiger partial charge in [0.05, 0.1) is 12.9 Å². The van der Waals surface area contributed by atoms with Gasteiger partial charge < -0.3 is 4.74 Å². The third-order valence-electron chi connectivity index (χ3n) is 4.35. The molecule has 3 rings (SSSR count). The van der Waals surface area contributed by atoms with Crippen LogP contribution < -0.4 is 0 Å². The zero-order valence-electron chi connectivity index (χ0n) is 11.7. The van der Waals surface area contributed by atoms with Gasteiger partial charge in [-0.25, -0.2) is 4.39 Å². The van der Waals surface area contributed by atoms with Crippen LogP contribution in [0.4, 0.5) is 4.39 Å². The van der Waals surface area contributed by atoms with Gasteiger partial charge >= 0.3 is 0 Å². The summed E-state index contributed by atoms with van der Waals surface area (Å²) >= 11 is 0. The van der Waals surface area contributed by atoms with E-state index in [2.05, 4.69) is 19.9 Å². The van der Waals surface area contributed by atoms with Crippen LogP contribution in [-0.2, 0) is 17.6 Å². The molecule has 0 bridgehead atoms. The van der Waals surface area contributed by atoms with E-state index in [4.69, 9.17) is 4.74 Å². The lowest BCUT2D eigenvalue weighted by molar-refractivity contribution is 0.268. The standard InChI is InChI=1S/C17H19FO/c1-17(2)10-13(19-3)8-12-7-11-5-4-6-16(18)14(11)9-15(12)17/h4-6,10H,7-9H2,1-3H3. The van der Waals surface area contributed by atoms with Gasteiger partial charge in [0, 0.05) is 11.8 Å². The van der Waals surface area contributed by atoms with Crippen LogP contribution in [0.1, 0.15) is 31.4 Å². The second kappa shape index (κ2) is 4.22. The molecule has 0 unspecified atom stereocenters. The number of ether oxygens (including phenoxy) is 1. The van der Waals surface area contributed by atoms with Gasteiger partial charge in [0.2, 0.25) is 0 Å². The summed E-state index contributed by atoms with van der Waals surface area (Å²) < 4.78 is 19.4. The highest BCUT2D eigenvalue weighted by atomic mass is 19.1. The highest BCUT2D eigenvalue weighted by molar-refractivity contribution is 5.47. The van der Waals surface area contributed by atoms with E-state index in [1.54, 1.807) is 19.2 Å². The number of hydrogen-bond acceptors (Lipinski definition) is 1. The maximum Gasteiger partial charge on any atom is 0.127 e. The Morgan fingerprint density at radius 3 is 2.68 bits per heavy atom. The lowest BCUT2D eigenvalue weighted by atomic mass is 9.69. The number of rotatable bonds is 1. The van der Waals surface area contributed by atoms with E-state index >= 15 is 0 Å². The van der Waals surface area contributed by atoms with E-state index < -0.39 is 0 Å². The maximum absolute atomic E-state index is 14.0. The van der Waals surface area contributed by atoms with Crippen molar-refractivity contribution < 1.29 is 9.13 Å². The molecule has 0 aliphatic heterocycles. The number of allylic oxidation sites excluding steroid dienone is 3. The lowest BCUT2D eigenvalue weighted by Crippen LogP contribution is -2.25. The Balaban J connectivity index is 2.04. The van der Waals surface area contributed by atoms with Crippen molar-refractivity contribution in [1.82, 2.24) is 0 Å². The molecular weight excluding hydrogens is 239 g/mol. The SMILES string of the molecule is COC1=CC(C)(C)C2=C(C1)Cc1cccc(F)c1C2. The molecule has 1 aromatic rings. The molecule has 0 spiro atoms. The quantitative estimate of drug-likeness (QED) is 0.687. The molecule has 19 heavy (non-hydrogen) atoms. The molecule has 0 heterocycles. The molecule has 2 aliphatic rings. The minimum atomic E-state index is -0.0682. The molecule has 0 N–H and O–H groups in total. The number of methoxy groups -OCH3 is 1. The first-order valence-corrected chi connectivity index (χ1v) is 6.74. The average Bonchev–Trinajstić information content (AvgIpc) is 2.36. The average molecular weight is 258 g/mol. The van der Waals surface area contributed by atoms with Crippen LogP contribution in [0.15, 0.2) is 41.2 Å². The summed E-state index contributed by atoms with van der Waals surface area (Å²) in [5, 5.41) is 0. The summed E-state index contributed by atoms with van der Waals surface area (Å²) in [7, 11) is 1.73. The Hall–Kier alpha value is -1.57. The monoisotopic (exact) mass is 258 g/mol. The molecule has 0 saturated carbocycles. The normalized spacial score (nSPS) is 20.5. The zero-order chi connectivity index (χ0) is 13.6. The third-order valence-corrected chi connectivity index (χ3v) is 4.35. The molecule has 0 aromatic heterocycles. The molecule has 2 aliphatic carbocycles. The van der Waals surface area contributed by atoms with E-state index in [0.717, 1.165) is 36.1 Å². The minimum Gasteiger partial charge on any atom is -0.501 e. The van der Waals surface area contributed by atoms with Crippen LogP contribution in [0.5, 0.6) is 0 Å². The van der Waals surface area contributed by atoms with E-state index in [1.807, 2.05) is 6.07 Å². The Morgan fingerprint density at radius 1 is 1.16 bits per heavy atom. The van der Waals surface area contributed by atoms with Crippen molar-refractivity contribution in [3.8, 4) is 0 Å². The van der Waals surface area contributed by atoms with Gasteiger partial charge in [-0.15, -0.1) is 0 Å². The van der Waals surface area contributed by atoms with Crippen molar-refractivity contribution in [3.63, 3.8) is 0 Å². The smallest absolute Gasteiger partial charge is 0.127 e. The summed E-state index contributed by atoms with van der Waals surface area (Å²) in [6.07, 6.45) is 4.63. The number of hydrogen-bond donors (Lipinski definition) is 0. The predicted molar refractivity (Wildman–Crippen MR) is 74.3 cm³/mol. The van der Waals surface area contributed by atoms with E-state index in [0.29, 0.717) is 0 Å². The molecule has 1 nitrogen and oxygen atoms in total. The fraction of sp³-hybridized carbons (Fsp3) is 0.412. The second-order valence-corrected chi connectivity index (χ2v) is 6.03. The zero-order valence-corrected chi connectivity index (χ0v) is 11.7. The van der Waals surface area contributed by atoms with Crippen molar-refractivity contribution >= 4 is 0 Å². The van der Waals surface area contributed by atoms with Gasteiger partial charge in [0.1, 0.15) is 5.82 Å². The molecule has 1 aromatic carbocycles. The second-order valence-electron chi connectivity index (χ2n) is 6.03. The number of halogens is 1. The van der Waals surface area contributed by atoms with Crippen LogP contribution in [0.2, 0.25) is 0 Å². The van der Waals surface area contributed by atoms with Gasteiger partial charge in [0.15, 0.2) is 0 Å². The Labute approximate surface area is 113 Å². The van der Waals surface area contributed by atoms with Crippen LogP contribution in [-0.4, -0.2) is 7.11 Å². The van der Waals surface area contributed by atoms with Gasteiger partial charge in [0.25, 0.3) is 0 Å². The van der Waals surface area contributed by atoms with Crippen molar-refractivity contribution in [3.05, 3.63) is 58.1 Å². The molecule has 0 amide bonds. The summed E-state index contributed by atoms with van der Waals surface area (Å²) in [5.41, 5.74) is 4.74. The molecule has 0 fully saturated rings. The number of benzene rings is 1. The first-order chi connectivity index (χ1) is 9.01. The van der Waals surface area contributed by atoms with E-state index in [-0.39, 0.29) is 11.2 Å². The Bertz CT molecular complexity index is 593. The van der Waals surface area contributed by atoms with Gasteiger partial charge in [-0.05, 0) is 36.1 Å². The summed E-state index contributed by atoms with van der Waals surface area (Å²) in [4.78, 5) is 0. The first kappa shape index (κ1) is 12.5. The van der Waals surface area contributed by atoms with Crippen molar-refractivity contribution in [2.45, 2.75) is 33.1 Å². The van der Waals surface area contributed by atoms with Crippen LogP contribution in [0, 0.1) is 11.2 Å². The van der Waals surface area contributed by atoms with Gasteiger partial charge in [-0.3, -0.25) is 0 Å². The Morgan fingerprint density at radius 2 is 1.95 bits per heavy atom. The third kappa shape index (κ3) is 1.99. The largest absolute Gasteiger partial charge is 0.501 e. The fourth-order valence-electron chi connectivity index (χ4n) is 3.34. The van der Waals surface area contributed by atoms with E-state index in [1.165, 1.54) is 11.1 Å². The highest BCUT2D eigenvalue weighted by Crippen LogP contribution is 2.44. The molecular formula is C17H19FO. The molecule has 2 heteroatoms. The van der Waals surface area contributed by atoms with Gasteiger partial charge in [-0.1, -0.05) is 37.1 Å². The Kier molecular flexibility index (Phi) is 2.77. The van der Waals surface area contributed by atoms with Crippen LogP contribution in [0.3, 0.4) is 0 Å². The highest BCUT2D eigenvalue weighted by Gasteiger charge is 2.33. The van der Waals surface area contributed by atoms with Crippen molar-refractivity contribution in [2.75, 3.05) is 7.11 Å². The topological polar surface area (TPSA) is 9.23 Å². The van der Waals surface area contributed by atoms with E-state index in [9.17, 15) is 4.39 Å². The van der Waals surface area contributed by atoms with Crippen molar-refractivity contribution in [2.24, 2.45) is 5.41 Å². The summed E-state index contributed by atoms with van der Waals surface area (Å²) in [5.74, 6) is 0.963. The van der Waals surface area contributed by atoms with Gasteiger partial charge in [-0.2, -0.15) is 0 Å². The summed E-state index contributed by atoms with van der Waals surface area (Å²) in [6, 6.07) is 5.41. The maximum atomic E-state index is 14.0. The van der Waals surface area contributed by atoms with Crippen LogP contribution >= 0.6 is 0 Å². The van der Waals surface area contributed by atoms with Crippen molar-refractivity contribution in [1.29, 1.82) is 0 Å². The predicted octanol–water partition coefficient (Wildman–Crippen LogP) is 4.18. The summed E-state index contributed by atoms with van der Waals surface area (Å²) in [6.45, 7) is 4.37. The lowest BCUT2D eigenvalue weighted by Gasteiger charge is -2.36. The van der Waals surface area contributed by atoms with Crippen LogP contribution in [0.25, 0.3) is 0 Å². The number of fused-ring (bicyclic) bond motifs is 1. The molecule has 0 atom stereocenters. The fourth-order valence-corrected chi connectivity index (χ4v) is 3.34. The first-order valence-electron chi connectivity index (χ1n) is 6.74. The molecule has 0 saturated heterocycles. The minimum absolute atomic E-state index is 0.0428.